The Kier molecular flexibility index (Phi) is 10.4. The van der Waals surface area contributed by atoms with Gasteiger partial charge in [-0.15, -0.1) is 6.42 Å². The van der Waals surface area contributed by atoms with Gasteiger partial charge in [0.05, 0.1) is 0 Å². The molecule has 0 rings (SSSR count). The molecule has 0 amide bonds. The van der Waals surface area contributed by atoms with E-state index in [-0.39, 0.29) is 12.6 Å². The van der Waals surface area contributed by atoms with Gasteiger partial charge in [0.25, 0.3) is 0 Å². The van der Waals surface area contributed by atoms with Crippen LogP contribution in [0.4, 0.5) is 0 Å². The Hall–Kier alpha value is -1.23. The van der Waals surface area contributed by atoms with Crippen molar-refractivity contribution in [3.63, 3.8) is 0 Å². The minimum atomic E-state index is -0.327. The van der Waals surface area contributed by atoms with Crippen LogP contribution in [0.15, 0.2) is 11.6 Å². The molecule has 0 aliphatic heterocycles. The summed E-state index contributed by atoms with van der Waals surface area (Å²) in [6.07, 6.45) is 15.1. The number of terminal acetylenes is 1. The number of allylic oxidation sites excluding steroid dienone is 1. The molecule has 0 saturated heterocycles. The number of esters is 1. The zero-order valence-electron chi connectivity index (χ0n) is 11.1. The monoisotopic (exact) mass is 236 g/mol. The van der Waals surface area contributed by atoms with E-state index >= 15 is 0 Å². The lowest BCUT2D eigenvalue weighted by Crippen LogP contribution is -2.01. The van der Waals surface area contributed by atoms with E-state index in [2.05, 4.69) is 12.8 Å². The first-order valence-electron chi connectivity index (χ1n) is 6.48. The molecule has 0 aliphatic rings. The van der Waals surface area contributed by atoms with Crippen LogP contribution in [0.5, 0.6) is 0 Å². The molecule has 0 aromatic carbocycles. The van der Waals surface area contributed by atoms with E-state index in [4.69, 9.17) is 11.2 Å². The molecule has 0 bridgehead atoms. The second-order valence-electron chi connectivity index (χ2n) is 4.32. The molecule has 0 aromatic rings. The number of hydrogen-bond acceptors (Lipinski definition) is 2. The fourth-order valence-electron chi connectivity index (χ4n) is 1.61. The predicted molar refractivity (Wildman–Crippen MR) is 71.5 cm³/mol. The van der Waals surface area contributed by atoms with Crippen molar-refractivity contribution in [3.05, 3.63) is 11.6 Å². The van der Waals surface area contributed by atoms with E-state index in [0.717, 1.165) is 18.4 Å². The molecule has 0 aliphatic carbocycles. The summed E-state index contributed by atoms with van der Waals surface area (Å²) in [6.45, 7) is 4.23. The van der Waals surface area contributed by atoms with Crippen LogP contribution in [0.25, 0.3) is 0 Å². The molecule has 0 fully saturated rings. The van der Waals surface area contributed by atoms with Crippen molar-refractivity contribution in [1.29, 1.82) is 0 Å². The van der Waals surface area contributed by atoms with Crippen LogP contribution in [0.3, 0.4) is 0 Å². The topological polar surface area (TPSA) is 26.3 Å². The molecule has 17 heavy (non-hydrogen) atoms. The molecule has 0 saturated carbocycles. The molecule has 0 atom stereocenters. The highest BCUT2D eigenvalue weighted by molar-refractivity contribution is 5.82. The highest BCUT2D eigenvalue weighted by atomic mass is 16.5. The zero-order chi connectivity index (χ0) is 12.9. The Morgan fingerprint density at radius 1 is 1.24 bits per heavy atom. The first-order chi connectivity index (χ1) is 8.20. The first kappa shape index (κ1) is 15.8. The van der Waals surface area contributed by atoms with Crippen LogP contribution < -0.4 is 0 Å². The SMILES string of the molecule is C#CCOC(=O)/C=C(\C)CCCCCCCC. The van der Waals surface area contributed by atoms with E-state index in [1.165, 1.54) is 32.1 Å². The summed E-state index contributed by atoms with van der Waals surface area (Å²) < 4.78 is 4.77. The normalized spacial score (nSPS) is 11.0. The van der Waals surface area contributed by atoms with Gasteiger partial charge in [-0.3, -0.25) is 0 Å². The first-order valence-corrected chi connectivity index (χ1v) is 6.48. The quantitative estimate of drug-likeness (QED) is 0.263. The van der Waals surface area contributed by atoms with Crippen molar-refractivity contribution in [3.8, 4) is 12.3 Å². The van der Waals surface area contributed by atoms with Crippen LogP contribution in [0, 0.1) is 12.3 Å². The number of hydrogen-bond donors (Lipinski definition) is 0. The lowest BCUT2D eigenvalue weighted by Gasteiger charge is -2.02. The molecule has 2 heteroatoms. The van der Waals surface area contributed by atoms with Gasteiger partial charge in [-0.25, -0.2) is 4.79 Å². The maximum Gasteiger partial charge on any atom is 0.331 e. The highest BCUT2D eigenvalue weighted by Gasteiger charge is 1.98. The molecule has 0 unspecified atom stereocenters. The molecule has 0 radical (unpaired) electrons. The van der Waals surface area contributed by atoms with E-state index in [9.17, 15) is 4.79 Å². The van der Waals surface area contributed by atoms with Crippen molar-refractivity contribution in [2.75, 3.05) is 6.61 Å². The third kappa shape index (κ3) is 11.0. The molecular formula is C15H24O2. The number of ether oxygens (including phenoxy) is 1. The summed E-state index contributed by atoms with van der Waals surface area (Å²) in [5.74, 6) is 1.94. The minimum Gasteiger partial charge on any atom is -0.449 e. The fraction of sp³-hybridized carbons (Fsp3) is 0.667. The smallest absolute Gasteiger partial charge is 0.331 e. The molecule has 0 spiro atoms. The van der Waals surface area contributed by atoms with Gasteiger partial charge in [-0.2, -0.15) is 0 Å². The van der Waals surface area contributed by atoms with E-state index < -0.39 is 0 Å². The average Bonchev–Trinajstić information content (AvgIpc) is 2.31. The third-order valence-corrected chi connectivity index (χ3v) is 2.59. The number of carbonyl (C=O) groups excluding carboxylic acids is 1. The molecule has 96 valence electrons. The molecule has 0 heterocycles. The minimum absolute atomic E-state index is 0.0552. The van der Waals surface area contributed by atoms with Gasteiger partial charge >= 0.3 is 5.97 Å². The number of rotatable bonds is 9. The van der Waals surface area contributed by atoms with Gasteiger partial charge in [0, 0.05) is 6.08 Å². The highest BCUT2D eigenvalue weighted by Crippen LogP contribution is 2.11. The fourth-order valence-corrected chi connectivity index (χ4v) is 1.61. The van der Waals surface area contributed by atoms with Crippen LogP contribution in [-0.2, 0) is 9.53 Å². The molecule has 0 N–H and O–H groups in total. The van der Waals surface area contributed by atoms with Gasteiger partial charge in [0.2, 0.25) is 0 Å². The van der Waals surface area contributed by atoms with Crippen LogP contribution >= 0.6 is 0 Å². The number of carbonyl (C=O) groups is 1. The van der Waals surface area contributed by atoms with E-state index in [1.54, 1.807) is 6.08 Å². The van der Waals surface area contributed by atoms with Gasteiger partial charge in [-0.1, -0.05) is 50.5 Å². The third-order valence-electron chi connectivity index (χ3n) is 2.59. The zero-order valence-corrected chi connectivity index (χ0v) is 11.1. The van der Waals surface area contributed by atoms with E-state index in [1.807, 2.05) is 6.92 Å². The van der Waals surface area contributed by atoms with Crippen molar-refractivity contribution < 1.29 is 9.53 Å². The summed E-state index contributed by atoms with van der Waals surface area (Å²) in [5, 5.41) is 0. The Balaban J connectivity index is 3.57. The summed E-state index contributed by atoms with van der Waals surface area (Å²) >= 11 is 0. The van der Waals surface area contributed by atoms with Gasteiger partial charge < -0.3 is 4.74 Å². The summed E-state index contributed by atoms with van der Waals surface area (Å²) in [5.41, 5.74) is 1.07. The Labute approximate surface area is 105 Å². The van der Waals surface area contributed by atoms with Crippen molar-refractivity contribution in [2.24, 2.45) is 0 Å². The predicted octanol–water partition coefficient (Wildman–Crippen LogP) is 3.86. The standard InChI is InChI=1S/C15H24O2/c1-4-6-7-8-9-10-11-14(3)13-15(16)17-12-5-2/h2,13H,4,6-12H2,1,3H3/b14-13+. The van der Waals surface area contributed by atoms with Crippen molar-refractivity contribution >= 4 is 5.97 Å². The Bertz CT molecular complexity index is 271. The second-order valence-corrected chi connectivity index (χ2v) is 4.32. The maximum absolute atomic E-state index is 11.2. The maximum atomic E-state index is 11.2. The molecule has 0 aromatic heterocycles. The summed E-state index contributed by atoms with van der Waals surface area (Å²) in [7, 11) is 0. The summed E-state index contributed by atoms with van der Waals surface area (Å²) in [4.78, 5) is 11.2. The van der Waals surface area contributed by atoms with Crippen molar-refractivity contribution in [2.45, 2.75) is 58.8 Å². The summed E-state index contributed by atoms with van der Waals surface area (Å²) in [6, 6.07) is 0. The van der Waals surface area contributed by atoms with Crippen LogP contribution in [0.2, 0.25) is 0 Å². The Morgan fingerprint density at radius 3 is 2.53 bits per heavy atom. The Morgan fingerprint density at radius 2 is 1.88 bits per heavy atom. The largest absolute Gasteiger partial charge is 0.449 e. The van der Waals surface area contributed by atoms with Gasteiger partial charge in [0.15, 0.2) is 6.61 Å². The van der Waals surface area contributed by atoms with Crippen LogP contribution in [-0.4, -0.2) is 12.6 Å². The van der Waals surface area contributed by atoms with E-state index in [0.29, 0.717) is 0 Å². The van der Waals surface area contributed by atoms with Crippen molar-refractivity contribution in [1.82, 2.24) is 0 Å². The lowest BCUT2D eigenvalue weighted by atomic mass is 10.1. The molecule has 2 nitrogen and oxygen atoms in total. The van der Waals surface area contributed by atoms with Gasteiger partial charge in [0.1, 0.15) is 0 Å². The second kappa shape index (κ2) is 11.3. The lowest BCUT2D eigenvalue weighted by molar-refractivity contribution is -0.136. The average molecular weight is 236 g/mol. The molecular weight excluding hydrogens is 212 g/mol. The van der Waals surface area contributed by atoms with Gasteiger partial charge in [-0.05, 0) is 19.8 Å². The van der Waals surface area contributed by atoms with Crippen LogP contribution in [0.1, 0.15) is 58.8 Å². The number of unbranched alkanes of at least 4 members (excludes halogenated alkanes) is 5.